The zero-order valence-electron chi connectivity index (χ0n) is 30.4. The summed E-state index contributed by atoms with van der Waals surface area (Å²) >= 11 is 0. The van der Waals surface area contributed by atoms with Gasteiger partial charge in [-0.05, 0) is 92.7 Å². The standard InChI is InChI=1S/C42H34N2.C3H8.C2H6/c1-41(2)33-11-7-5-9-29(33)31-19-15-27(23-35(31)41)37-21-17-25-13-14-26-18-22-38(44-40(26)39(25)43-37)28-16-20-32-30-10-6-8-12-34(30)42(3,4)36(32)24-28;1-3-2;1-2/h5-12,15-24H,13-14H2,1-4H3;3H2,1-2H3;1-2H3. The highest BCUT2D eigenvalue weighted by molar-refractivity contribution is 5.85. The molecule has 3 aliphatic carbocycles. The minimum Gasteiger partial charge on any atom is -0.246 e. The molecule has 0 unspecified atom stereocenters. The molecule has 0 bridgehead atoms. The Morgan fingerprint density at radius 3 is 1.24 bits per heavy atom. The summed E-state index contributed by atoms with van der Waals surface area (Å²) in [7, 11) is 0. The molecule has 2 aromatic heterocycles. The van der Waals surface area contributed by atoms with E-state index in [-0.39, 0.29) is 10.8 Å². The van der Waals surface area contributed by atoms with Crippen molar-refractivity contribution in [1.82, 2.24) is 9.97 Å². The van der Waals surface area contributed by atoms with Gasteiger partial charge in [-0.15, -0.1) is 0 Å². The fourth-order valence-corrected chi connectivity index (χ4v) is 8.11. The van der Waals surface area contributed by atoms with Crippen LogP contribution in [0.15, 0.2) is 109 Å². The van der Waals surface area contributed by atoms with Gasteiger partial charge < -0.3 is 0 Å². The van der Waals surface area contributed by atoms with Crippen molar-refractivity contribution in [1.29, 1.82) is 0 Å². The number of hydrogen-bond donors (Lipinski definition) is 0. The van der Waals surface area contributed by atoms with Crippen LogP contribution < -0.4 is 0 Å². The Kier molecular flexibility index (Phi) is 8.39. The summed E-state index contributed by atoms with van der Waals surface area (Å²) in [4.78, 5) is 10.7. The summed E-state index contributed by atoms with van der Waals surface area (Å²) in [6.45, 7) is 17.6. The molecule has 4 aromatic carbocycles. The Bertz CT molecular complexity index is 2040. The number of fused-ring (bicyclic) bond motifs is 9. The van der Waals surface area contributed by atoms with E-state index >= 15 is 0 Å². The average Bonchev–Trinajstić information content (AvgIpc) is 3.51. The van der Waals surface area contributed by atoms with Crippen molar-refractivity contribution >= 4 is 0 Å². The lowest BCUT2D eigenvalue weighted by atomic mass is 9.81. The van der Waals surface area contributed by atoms with E-state index in [0.717, 1.165) is 46.7 Å². The van der Waals surface area contributed by atoms with Gasteiger partial charge in [-0.25, -0.2) is 9.97 Å². The first-order valence-electron chi connectivity index (χ1n) is 18.2. The number of pyridine rings is 2. The predicted octanol–water partition coefficient (Wildman–Crippen LogP) is 12.6. The number of aromatic nitrogens is 2. The normalized spacial score (nSPS) is 14.8. The first kappa shape index (κ1) is 32.7. The molecule has 2 nitrogen and oxygen atoms in total. The monoisotopic (exact) mass is 640 g/mol. The van der Waals surface area contributed by atoms with Crippen molar-refractivity contribution in [3.05, 3.63) is 143 Å². The lowest BCUT2D eigenvalue weighted by Crippen LogP contribution is -2.15. The first-order valence-corrected chi connectivity index (χ1v) is 18.2. The van der Waals surface area contributed by atoms with Gasteiger partial charge >= 0.3 is 0 Å². The van der Waals surface area contributed by atoms with Crippen molar-refractivity contribution < 1.29 is 0 Å². The second-order valence-corrected chi connectivity index (χ2v) is 14.5. The van der Waals surface area contributed by atoms with Crippen LogP contribution in [0.2, 0.25) is 0 Å². The quantitative estimate of drug-likeness (QED) is 0.188. The van der Waals surface area contributed by atoms with Crippen LogP contribution in [0.25, 0.3) is 56.2 Å². The minimum absolute atomic E-state index is 0.0367. The molecule has 0 radical (unpaired) electrons. The third-order valence-corrected chi connectivity index (χ3v) is 10.6. The lowest BCUT2D eigenvalue weighted by molar-refractivity contribution is 0.660. The van der Waals surface area contributed by atoms with E-state index in [0.29, 0.717) is 0 Å². The molecule has 0 N–H and O–H groups in total. The van der Waals surface area contributed by atoms with Crippen LogP contribution in [0, 0.1) is 0 Å². The molecule has 2 heterocycles. The van der Waals surface area contributed by atoms with E-state index in [1.54, 1.807) is 0 Å². The fourth-order valence-electron chi connectivity index (χ4n) is 8.11. The second-order valence-electron chi connectivity index (χ2n) is 14.5. The van der Waals surface area contributed by atoms with Crippen LogP contribution in [0.3, 0.4) is 0 Å². The van der Waals surface area contributed by atoms with Gasteiger partial charge in [0, 0.05) is 22.0 Å². The maximum absolute atomic E-state index is 5.33. The van der Waals surface area contributed by atoms with E-state index < -0.39 is 0 Å². The number of nitrogens with zero attached hydrogens (tertiary/aromatic N) is 2. The van der Waals surface area contributed by atoms with Crippen LogP contribution in [0.1, 0.15) is 95.2 Å². The topological polar surface area (TPSA) is 25.8 Å². The number of hydrogen-bond acceptors (Lipinski definition) is 2. The third kappa shape index (κ3) is 5.24. The summed E-state index contributed by atoms with van der Waals surface area (Å²) in [5.41, 5.74) is 19.8. The van der Waals surface area contributed by atoms with Gasteiger partial charge in [0.15, 0.2) is 0 Å². The Labute approximate surface area is 293 Å². The number of aryl methyl sites for hydroxylation is 2. The SMILES string of the molecule is CC.CC1(C)c2ccccc2-c2ccc(-c3ccc4c(n3)-c3nc(-c5ccc6c(c5)C(C)(C)c5ccccc5-6)ccc3CC4)cc21.CCC. The molecule has 0 spiro atoms. The summed E-state index contributed by atoms with van der Waals surface area (Å²) in [6, 6.07) is 40.4. The maximum atomic E-state index is 5.33. The molecule has 49 heavy (non-hydrogen) atoms. The zero-order valence-corrected chi connectivity index (χ0v) is 30.4. The Hall–Kier alpha value is -4.82. The van der Waals surface area contributed by atoms with Gasteiger partial charge in [0.2, 0.25) is 0 Å². The molecule has 3 aliphatic rings. The van der Waals surface area contributed by atoms with E-state index in [2.05, 4.69) is 151 Å². The minimum atomic E-state index is -0.0367. The van der Waals surface area contributed by atoms with Crippen LogP contribution >= 0.6 is 0 Å². The van der Waals surface area contributed by atoms with Crippen molar-refractivity contribution in [3.63, 3.8) is 0 Å². The molecule has 0 aliphatic heterocycles. The summed E-state index contributed by atoms with van der Waals surface area (Å²) in [5, 5.41) is 0. The van der Waals surface area contributed by atoms with E-state index in [9.17, 15) is 0 Å². The van der Waals surface area contributed by atoms with Crippen molar-refractivity contribution in [3.8, 4) is 56.2 Å². The highest BCUT2D eigenvalue weighted by Gasteiger charge is 2.36. The van der Waals surface area contributed by atoms with Crippen LogP contribution in [0.5, 0.6) is 0 Å². The zero-order chi connectivity index (χ0) is 34.5. The number of benzene rings is 4. The van der Waals surface area contributed by atoms with Crippen LogP contribution in [-0.2, 0) is 23.7 Å². The van der Waals surface area contributed by atoms with Crippen LogP contribution in [-0.4, -0.2) is 9.97 Å². The average molecular weight is 641 g/mol. The molecule has 246 valence electrons. The first-order chi connectivity index (χ1) is 23.7. The Morgan fingerprint density at radius 1 is 0.469 bits per heavy atom. The van der Waals surface area contributed by atoms with Gasteiger partial charge in [-0.2, -0.15) is 0 Å². The Balaban J connectivity index is 0.000000719. The molecule has 0 saturated heterocycles. The molecule has 2 heteroatoms. The molecule has 0 saturated carbocycles. The highest BCUT2D eigenvalue weighted by Crippen LogP contribution is 2.51. The van der Waals surface area contributed by atoms with Crippen molar-refractivity contribution in [2.45, 2.75) is 85.5 Å². The molecular weight excluding hydrogens is 593 g/mol. The van der Waals surface area contributed by atoms with Gasteiger partial charge in [0.05, 0.1) is 22.8 Å². The summed E-state index contributed by atoms with van der Waals surface area (Å²) in [5.74, 6) is 0. The Morgan fingerprint density at radius 2 is 0.837 bits per heavy atom. The summed E-state index contributed by atoms with van der Waals surface area (Å²) < 4.78 is 0. The molecule has 9 rings (SSSR count). The van der Waals surface area contributed by atoms with Gasteiger partial charge in [0.25, 0.3) is 0 Å². The molecular formula is C47H48N2. The largest absolute Gasteiger partial charge is 0.246 e. The summed E-state index contributed by atoms with van der Waals surface area (Å²) in [6.07, 6.45) is 3.24. The maximum Gasteiger partial charge on any atom is 0.0928 e. The smallest absolute Gasteiger partial charge is 0.0928 e. The molecule has 0 amide bonds. The third-order valence-electron chi connectivity index (χ3n) is 10.6. The number of rotatable bonds is 2. The van der Waals surface area contributed by atoms with Crippen molar-refractivity contribution in [2.24, 2.45) is 0 Å². The highest BCUT2D eigenvalue weighted by atomic mass is 14.8. The van der Waals surface area contributed by atoms with Crippen LogP contribution in [0.4, 0.5) is 0 Å². The lowest BCUT2D eigenvalue weighted by Gasteiger charge is -2.23. The second kappa shape index (κ2) is 12.6. The van der Waals surface area contributed by atoms with E-state index in [1.165, 1.54) is 62.1 Å². The molecule has 6 aromatic rings. The van der Waals surface area contributed by atoms with E-state index in [1.807, 2.05) is 13.8 Å². The van der Waals surface area contributed by atoms with Gasteiger partial charge in [-0.3, -0.25) is 0 Å². The molecule has 0 atom stereocenters. The predicted molar refractivity (Wildman–Crippen MR) is 208 cm³/mol. The van der Waals surface area contributed by atoms with Gasteiger partial charge in [0.1, 0.15) is 0 Å². The van der Waals surface area contributed by atoms with Gasteiger partial charge in [-0.1, -0.05) is 147 Å². The molecule has 0 fully saturated rings. The van der Waals surface area contributed by atoms with Crippen molar-refractivity contribution in [2.75, 3.05) is 0 Å². The van der Waals surface area contributed by atoms with E-state index in [4.69, 9.17) is 9.97 Å². The fraction of sp³-hybridized carbons (Fsp3) is 0.277.